The molecule has 0 unspecified atom stereocenters. The fourth-order valence-electron chi connectivity index (χ4n) is 3.78. The van der Waals surface area contributed by atoms with Gasteiger partial charge in [-0.15, -0.1) is 0 Å². The molecule has 0 aromatic heterocycles. The zero-order valence-electron chi connectivity index (χ0n) is 8.18. The molecule has 2 bridgehead atoms. The summed E-state index contributed by atoms with van der Waals surface area (Å²) in [4.78, 5) is 11.6. The highest BCUT2D eigenvalue weighted by Crippen LogP contribution is 2.61. The monoisotopic (exact) mass is 176 g/mol. The zero-order chi connectivity index (χ0) is 9.05. The van der Waals surface area contributed by atoms with Crippen LogP contribution in [0.5, 0.6) is 0 Å². The van der Waals surface area contributed by atoms with E-state index < -0.39 is 0 Å². The van der Waals surface area contributed by atoms with Crippen molar-refractivity contribution in [1.29, 1.82) is 0 Å². The molecule has 3 aliphatic rings. The number of carbonyl (C=O) groups is 1. The normalized spacial score (nSPS) is 47.8. The lowest BCUT2D eigenvalue weighted by molar-refractivity contribution is -0.118. The topological polar surface area (TPSA) is 17.1 Å². The molecule has 1 spiro atoms. The van der Waals surface area contributed by atoms with E-state index in [0.717, 1.165) is 12.3 Å². The Labute approximate surface area is 79.2 Å². The maximum atomic E-state index is 11.6. The van der Waals surface area contributed by atoms with Crippen molar-refractivity contribution in [2.75, 3.05) is 0 Å². The van der Waals surface area contributed by atoms with Crippen LogP contribution in [-0.4, -0.2) is 5.78 Å². The Bertz CT molecular complexity index is 302. The van der Waals surface area contributed by atoms with Gasteiger partial charge in [-0.25, -0.2) is 0 Å². The second-order valence-corrected chi connectivity index (χ2v) is 5.11. The van der Waals surface area contributed by atoms with Gasteiger partial charge >= 0.3 is 0 Å². The Balaban J connectivity index is 2.12. The molecule has 3 aliphatic carbocycles. The summed E-state index contributed by atoms with van der Waals surface area (Å²) in [7, 11) is 0. The second-order valence-electron chi connectivity index (χ2n) is 5.11. The molecule has 2 saturated carbocycles. The van der Waals surface area contributed by atoms with Crippen molar-refractivity contribution in [3.8, 4) is 0 Å². The van der Waals surface area contributed by atoms with Crippen molar-refractivity contribution in [3.05, 3.63) is 11.6 Å². The van der Waals surface area contributed by atoms with E-state index >= 15 is 0 Å². The highest BCUT2D eigenvalue weighted by atomic mass is 16.1. The van der Waals surface area contributed by atoms with E-state index in [1.54, 1.807) is 0 Å². The second kappa shape index (κ2) is 2.26. The number of hydrogen-bond acceptors (Lipinski definition) is 1. The van der Waals surface area contributed by atoms with Crippen molar-refractivity contribution in [2.24, 2.45) is 17.3 Å². The number of allylic oxidation sites excluding steroid dienone is 2. The minimum absolute atomic E-state index is 0.393. The molecule has 0 aromatic rings. The lowest BCUT2D eigenvalue weighted by Crippen LogP contribution is -2.27. The van der Waals surface area contributed by atoms with Gasteiger partial charge in [0.2, 0.25) is 0 Å². The largest absolute Gasteiger partial charge is 0.295 e. The average Bonchev–Trinajstić information content (AvgIpc) is 2.64. The predicted molar refractivity (Wildman–Crippen MR) is 51.3 cm³/mol. The molecular weight excluding hydrogens is 160 g/mol. The number of fused-ring (bicyclic) bond motifs is 1. The molecule has 0 heterocycles. The van der Waals surface area contributed by atoms with Crippen molar-refractivity contribution >= 4 is 5.78 Å². The highest BCUT2D eigenvalue weighted by molar-refractivity contribution is 5.94. The summed E-state index contributed by atoms with van der Waals surface area (Å²) in [5, 5.41) is 0. The van der Waals surface area contributed by atoms with Crippen LogP contribution in [0.2, 0.25) is 0 Å². The molecule has 0 aliphatic heterocycles. The molecule has 1 nitrogen and oxygen atoms in total. The maximum absolute atomic E-state index is 11.6. The van der Waals surface area contributed by atoms with E-state index in [1.165, 1.54) is 31.3 Å². The number of hydrogen-bond donors (Lipinski definition) is 0. The average molecular weight is 176 g/mol. The molecule has 0 amide bonds. The number of ketones is 1. The van der Waals surface area contributed by atoms with E-state index in [1.807, 2.05) is 6.08 Å². The van der Waals surface area contributed by atoms with Crippen LogP contribution in [-0.2, 0) is 4.79 Å². The molecule has 0 saturated heterocycles. The third-order valence-corrected chi connectivity index (χ3v) is 4.70. The Hall–Kier alpha value is -0.590. The number of carbonyl (C=O) groups excluding carboxylic acids is 1. The van der Waals surface area contributed by atoms with Gasteiger partial charge in [-0.1, -0.05) is 12.5 Å². The summed E-state index contributed by atoms with van der Waals surface area (Å²) in [5.74, 6) is 1.65. The van der Waals surface area contributed by atoms with Gasteiger partial charge in [0.1, 0.15) is 0 Å². The van der Waals surface area contributed by atoms with E-state index in [-0.39, 0.29) is 0 Å². The van der Waals surface area contributed by atoms with Gasteiger partial charge in [0.05, 0.1) is 0 Å². The molecule has 1 heteroatoms. The van der Waals surface area contributed by atoms with Crippen molar-refractivity contribution < 1.29 is 4.79 Å². The molecular formula is C12H16O. The Kier molecular flexibility index (Phi) is 1.35. The predicted octanol–water partition coefficient (Wildman–Crippen LogP) is 2.71. The van der Waals surface area contributed by atoms with Gasteiger partial charge < -0.3 is 0 Å². The summed E-state index contributed by atoms with van der Waals surface area (Å²) in [6, 6.07) is 0. The van der Waals surface area contributed by atoms with E-state index in [4.69, 9.17) is 0 Å². The zero-order valence-corrected chi connectivity index (χ0v) is 8.18. The lowest BCUT2D eigenvalue weighted by Gasteiger charge is -2.33. The van der Waals surface area contributed by atoms with Crippen LogP contribution < -0.4 is 0 Å². The molecule has 0 aromatic carbocycles. The lowest BCUT2D eigenvalue weighted by atomic mass is 9.71. The summed E-state index contributed by atoms with van der Waals surface area (Å²) >= 11 is 0. The van der Waals surface area contributed by atoms with E-state index in [0.29, 0.717) is 17.1 Å². The van der Waals surface area contributed by atoms with Crippen LogP contribution in [0, 0.1) is 17.3 Å². The van der Waals surface area contributed by atoms with Crippen molar-refractivity contribution in [3.63, 3.8) is 0 Å². The summed E-state index contributed by atoms with van der Waals surface area (Å²) < 4.78 is 0. The number of rotatable bonds is 0. The molecule has 13 heavy (non-hydrogen) atoms. The van der Waals surface area contributed by atoms with Crippen LogP contribution in [0.25, 0.3) is 0 Å². The maximum Gasteiger partial charge on any atom is 0.158 e. The minimum Gasteiger partial charge on any atom is -0.295 e. The molecule has 3 atom stereocenters. The van der Waals surface area contributed by atoms with Crippen LogP contribution >= 0.6 is 0 Å². The van der Waals surface area contributed by atoms with Crippen molar-refractivity contribution in [2.45, 2.75) is 39.0 Å². The van der Waals surface area contributed by atoms with Crippen LogP contribution in [0.3, 0.4) is 0 Å². The van der Waals surface area contributed by atoms with Gasteiger partial charge in [-0.3, -0.25) is 4.79 Å². The van der Waals surface area contributed by atoms with Gasteiger partial charge in [0.15, 0.2) is 5.78 Å². The molecule has 2 fully saturated rings. The first-order valence-electron chi connectivity index (χ1n) is 5.47. The van der Waals surface area contributed by atoms with Gasteiger partial charge in [-0.2, -0.15) is 0 Å². The molecule has 0 radical (unpaired) electrons. The fraction of sp³-hybridized carbons (Fsp3) is 0.750. The minimum atomic E-state index is 0.393. The highest BCUT2D eigenvalue weighted by Gasteiger charge is 2.52. The van der Waals surface area contributed by atoms with Crippen molar-refractivity contribution in [1.82, 2.24) is 0 Å². The van der Waals surface area contributed by atoms with Gasteiger partial charge in [0, 0.05) is 5.92 Å². The smallest absolute Gasteiger partial charge is 0.158 e. The summed E-state index contributed by atoms with van der Waals surface area (Å²) in [5.41, 5.74) is 1.98. The first kappa shape index (κ1) is 7.78. The summed E-state index contributed by atoms with van der Waals surface area (Å²) in [6.07, 6.45) is 8.12. The quantitative estimate of drug-likeness (QED) is 0.554. The molecule has 70 valence electrons. The van der Waals surface area contributed by atoms with Crippen LogP contribution in [0.1, 0.15) is 39.0 Å². The van der Waals surface area contributed by atoms with Crippen LogP contribution in [0.4, 0.5) is 0 Å². The summed E-state index contributed by atoms with van der Waals surface area (Å²) in [6.45, 7) is 2.37. The first-order valence-corrected chi connectivity index (χ1v) is 5.47. The Morgan fingerprint density at radius 2 is 2.31 bits per heavy atom. The molecule has 0 N–H and O–H groups in total. The fourth-order valence-corrected chi connectivity index (χ4v) is 3.78. The first-order chi connectivity index (χ1) is 6.22. The van der Waals surface area contributed by atoms with Gasteiger partial charge in [-0.05, 0) is 49.5 Å². The van der Waals surface area contributed by atoms with E-state index in [9.17, 15) is 4.79 Å². The third-order valence-electron chi connectivity index (χ3n) is 4.70. The third kappa shape index (κ3) is 0.806. The Morgan fingerprint density at radius 3 is 3.15 bits per heavy atom. The standard InChI is InChI=1S/C12H16O/c1-8-2-3-10-6-11(13)9-4-5-12(8,10)7-9/h6,8-9H,2-5,7H2,1H3/t8-,9-,12-/m0/s1. The Morgan fingerprint density at radius 1 is 1.46 bits per heavy atom. The van der Waals surface area contributed by atoms with E-state index in [2.05, 4.69) is 6.92 Å². The SMILES string of the molecule is C[C@H]1CCC2=CC(=O)[C@H]3CC[C@@]21C3. The molecule has 3 rings (SSSR count). The van der Waals surface area contributed by atoms with Crippen LogP contribution in [0.15, 0.2) is 11.6 Å². The van der Waals surface area contributed by atoms with Gasteiger partial charge in [0.25, 0.3) is 0 Å².